The van der Waals surface area contributed by atoms with Gasteiger partial charge in [-0.05, 0) is 18.2 Å². The highest BCUT2D eigenvalue weighted by Crippen LogP contribution is 2.31. The van der Waals surface area contributed by atoms with Crippen molar-refractivity contribution in [1.29, 1.82) is 0 Å². The summed E-state index contributed by atoms with van der Waals surface area (Å²) in [6.07, 6.45) is 3.05. The summed E-state index contributed by atoms with van der Waals surface area (Å²) in [5.41, 5.74) is 1.54. The summed E-state index contributed by atoms with van der Waals surface area (Å²) in [6.45, 7) is 0.373. The van der Waals surface area contributed by atoms with E-state index in [2.05, 4.69) is 15.2 Å². The van der Waals surface area contributed by atoms with Crippen molar-refractivity contribution in [2.45, 2.75) is 17.5 Å². The van der Waals surface area contributed by atoms with Gasteiger partial charge in [-0.2, -0.15) is 5.10 Å². The normalized spacial score (nSPS) is 11.1. The molecule has 4 rings (SSSR count). The molecule has 0 saturated carbocycles. The largest absolute Gasteiger partial charge is 0.467 e. The van der Waals surface area contributed by atoms with Crippen LogP contribution in [0.3, 0.4) is 0 Å². The van der Waals surface area contributed by atoms with Crippen LogP contribution in [0.5, 0.6) is 0 Å². The lowest BCUT2D eigenvalue weighted by Crippen LogP contribution is -2.26. The van der Waals surface area contributed by atoms with Crippen LogP contribution >= 0.6 is 11.8 Å². The summed E-state index contributed by atoms with van der Waals surface area (Å²) in [5, 5.41) is 8.28. The molecule has 0 atom stereocenters. The molecule has 3 heterocycles. The highest BCUT2D eigenvalue weighted by molar-refractivity contribution is 7.98. The number of aromatic amines is 1. The van der Waals surface area contributed by atoms with Gasteiger partial charge in [0, 0.05) is 23.8 Å². The molecule has 0 bridgehead atoms. The fourth-order valence-corrected chi connectivity index (χ4v) is 3.51. The maximum atomic E-state index is 13.0. The summed E-state index contributed by atoms with van der Waals surface area (Å²) < 4.78 is 11.2. The maximum Gasteiger partial charge on any atom is 0.290 e. The Labute approximate surface area is 153 Å². The fourth-order valence-electron chi connectivity index (χ4n) is 2.70. The third-order valence-corrected chi connectivity index (χ3v) is 4.86. The molecule has 26 heavy (non-hydrogen) atoms. The first kappa shape index (κ1) is 16.5. The Balaban J connectivity index is 1.64. The minimum Gasteiger partial charge on any atom is -0.467 e. The van der Waals surface area contributed by atoms with Gasteiger partial charge in [-0.25, -0.2) is 4.98 Å². The Hall–Kier alpha value is -3.00. The van der Waals surface area contributed by atoms with Gasteiger partial charge in [0.1, 0.15) is 17.7 Å². The topological polar surface area (TPSA) is 88.2 Å². The number of para-hydroxylation sites is 1. The molecule has 0 spiro atoms. The number of thioether (sulfide) groups is 1. The molecule has 0 saturated heterocycles. The van der Waals surface area contributed by atoms with Gasteiger partial charge in [0.05, 0.1) is 12.8 Å². The number of nitrogens with zero attached hydrogens (tertiary/aromatic N) is 3. The van der Waals surface area contributed by atoms with Crippen molar-refractivity contribution in [2.24, 2.45) is 0 Å². The van der Waals surface area contributed by atoms with Crippen molar-refractivity contribution in [3.8, 4) is 0 Å². The second-order valence-electron chi connectivity index (χ2n) is 5.73. The fraction of sp³-hybridized carbons (Fsp3) is 0.167. The average Bonchev–Trinajstić information content (AvgIpc) is 3.40. The van der Waals surface area contributed by atoms with E-state index in [9.17, 15) is 4.79 Å². The number of carbonyl (C=O) groups is 1. The van der Waals surface area contributed by atoms with Crippen LogP contribution in [0.15, 0.2) is 63.0 Å². The molecule has 1 aromatic carbocycles. The van der Waals surface area contributed by atoms with Crippen molar-refractivity contribution in [2.75, 3.05) is 7.05 Å². The first-order valence-electron chi connectivity index (χ1n) is 7.99. The van der Waals surface area contributed by atoms with Crippen LogP contribution < -0.4 is 0 Å². The van der Waals surface area contributed by atoms with Crippen LogP contribution in [-0.2, 0) is 12.3 Å². The standard InChI is InChI=1S/C18H16N4O3S/c1-22(9-12-5-4-8-24-12)17(23)16-14(10-26-18-19-11-20-21-18)13-6-2-3-7-15(13)25-16/h2-8,11H,9-10H2,1H3,(H,19,20,21). The molecule has 0 aliphatic carbocycles. The van der Waals surface area contributed by atoms with E-state index >= 15 is 0 Å². The SMILES string of the molecule is CN(Cc1ccco1)C(=O)c1oc2ccccc2c1CSc1ncn[nH]1. The Morgan fingerprint density at radius 1 is 1.27 bits per heavy atom. The summed E-state index contributed by atoms with van der Waals surface area (Å²) in [4.78, 5) is 18.7. The van der Waals surface area contributed by atoms with Gasteiger partial charge >= 0.3 is 0 Å². The van der Waals surface area contributed by atoms with Crippen molar-refractivity contribution in [1.82, 2.24) is 20.1 Å². The molecular weight excluding hydrogens is 352 g/mol. The lowest BCUT2D eigenvalue weighted by atomic mass is 10.1. The lowest BCUT2D eigenvalue weighted by molar-refractivity contribution is 0.0745. The minimum absolute atomic E-state index is 0.189. The molecule has 1 N–H and O–H groups in total. The number of carbonyl (C=O) groups excluding carboxylic acids is 1. The number of amides is 1. The van der Waals surface area contributed by atoms with E-state index in [0.717, 1.165) is 16.7 Å². The molecule has 7 nitrogen and oxygen atoms in total. The molecule has 8 heteroatoms. The molecule has 132 valence electrons. The van der Waals surface area contributed by atoms with E-state index in [1.54, 1.807) is 24.3 Å². The number of furan rings is 2. The van der Waals surface area contributed by atoms with Crippen LogP contribution in [0.1, 0.15) is 21.9 Å². The average molecular weight is 368 g/mol. The molecule has 0 radical (unpaired) electrons. The first-order chi connectivity index (χ1) is 12.7. The number of hydrogen-bond donors (Lipinski definition) is 1. The van der Waals surface area contributed by atoms with E-state index < -0.39 is 0 Å². The van der Waals surface area contributed by atoms with E-state index in [1.165, 1.54) is 18.1 Å². The minimum atomic E-state index is -0.189. The summed E-state index contributed by atoms with van der Waals surface area (Å²) in [6, 6.07) is 11.3. The van der Waals surface area contributed by atoms with Gasteiger partial charge < -0.3 is 13.7 Å². The third-order valence-electron chi connectivity index (χ3n) is 3.96. The van der Waals surface area contributed by atoms with E-state index in [4.69, 9.17) is 8.83 Å². The number of hydrogen-bond acceptors (Lipinski definition) is 6. The van der Waals surface area contributed by atoms with E-state index in [1.807, 2.05) is 30.3 Å². The summed E-state index contributed by atoms with van der Waals surface area (Å²) in [5.74, 6) is 1.41. The smallest absolute Gasteiger partial charge is 0.290 e. The zero-order valence-electron chi connectivity index (χ0n) is 14.0. The monoisotopic (exact) mass is 368 g/mol. The van der Waals surface area contributed by atoms with E-state index in [0.29, 0.717) is 28.8 Å². The number of rotatable bonds is 6. The highest BCUT2D eigenvalue weighted by atomic mass is 32.2. The van der Waals surface area contributed by atoms with Gasteiger partial charge in [0.15, 0.2) is 10.9 Å². The first-order valence-corrected chi connectivity index (χ1v) is 8.97. The second-order valence-corrected chi connectivity index (χ2v) is 6.69. The van der Waals surface area contributed by atoms with Gasteiger partial charge in [0.25, 0.3) is 5.91 Å². The summed E-state index contributed by atoms with van der Waals surface area (Å²) in [7, 11) is 1.73. The van der Waals surface area contributed by atoms with Crippen molar-refractivity contribution >= 4 is 28.6 Å². The van der Waals surface area contributed by atoms with Crippen LogP contribution in [0.2, 0.25) is 0 Å². The van der Waals surface area contributed by atoms with Crippen molar-refractivity contribution < 1.29 is 13.6 Å². The lowest BCUT2D eigenvalue weighted by Gasteiger charge is -2.15. The predicted molar refractivity (Wildman–Crippen MR) is 96.7 cm³/mol. The number of H-pyrrole nitrogens is 1. The molecule has 1 amide bonds. The third kappa shape index (κ3) is 3.23. The second kappa shape index (κ2) is 7.09. The van der Waals surface area contributed by atoms with Gasteiger partial charge in [-0.3, -0.25) is 9.89 Å². The quantitative estimate of drug-likeness (QED) is 0.522. The number of aromatic nitrogens is 3. The zero-order chi connectivity index (χ0) is 17.9. The Kier molecular flexibility index (Phi) is 4.49. The summed E-state index contributed by atoms with van der Waals surface area (Å²) >= 11 is 1.47. The molecule has 3 aromatic heterocycles. The Morgan fingerprint density at radius 2 is 2.15 bits per heavy atom. The van der Waals surface area contributed by atoms with Gasteiger partial charge in [-0.1, -0.05) is 30.0 Å². The number of fused-ring (bicyclic) bond motifs is 1. The van der Waals surface area contributed by atoms with Crippen LogP contribution in [0.25, 0.3) is 11.0 Å². The zero-order valence-corrected chi connectivity index (χ0v) is 14.8. The molecule has 0 fully saturated rings. The maximum absolute atomic E-state index is 13.0. The van der Waals surface area contributed by atoms with Crippen LogP contribution in [0.4, 0.5) is 0 Å². The van der Waals surface area contributed by atoms with Crippen LogP contribution in [0, 0.1) is 0 Å². The van der Waals surface area contributed by atoms with Crippen LogP contribution in [-0.4, -0.2) is 33.0 Å². The number of nitrogens with one attached hydrogen (secondary N) is 1. The molecule has 0 aliphatic rings. The number of benzene rings is 1. The molecule has 4 aromatic rings. The highest BCUT2D eigenvalue weighted by Gasteiger charge is 2.24. The Morgan fingerprint density at radius 3 is 2.92 bits per heavy atom. The molecular formula is C18H16N4O3S. The van der Waals surface area contributed by atoms with E-state index in [-0.39, 0.29) is 5.91 Å². The van der Waals surface area contributed by atoms with Crippen molar-refractivity contribution in [3.05, 3.63) is 66.1 Å². The molecule has 0 aliphatic heterocycles. The van der Waals surface area contributed by atoms with Gasteiger partial charge in [0.2, 0.25) is 0 Å². The van der Waals surface area contributed by atoms with Crippen molar-refractivity contribution in [3.63, 3.8) is 0 Å². The van der Waals surface area contributed by atoms with Gasteiger partial charge in [-0.15, -0.1) is 0 Å². The predicted octanol–water partition coefficient (Wildman–Crippen LogP) is 3.71. The Bertz CT molecular complexity index is 1010. The molecule has 0 unspecified atom stereocenters.